The van der Waals surface area contributed by atoms with Crippen LogP contribution in [-0.4, -0.2) is 11.4 Å². The van der Waals surface area contributed by atoms with Crippen molar-refractivity contribution in [2.75, 3.05) is 10.6 Å². The summed E-state index contributed by atoms with van der Waals surface area (Å²) in [5.74, 6) is -0.00676. The van der Waals surface area contributed by atoms with Gasteiger partial charge >= 0.3 is 0 Å². The van der Waals surface area contributed by atoms with Gasteiger partial charge in [-0.3, -0.25) is 4.79 Å². The molecule has 0 spiro atoms. The van der Waals surface area contributed by atoms with Gasteiger partial charge in [-0.2, -0.15) is 0 Å². The fourth-order valence-corrected chi connectivity index (χ4v) is 1.49. The fraction of sp³-hybridized carbons (Fsp3) is 0. The van der Waals surface area contributed by atoms with E-state index in [2.05, 4.69) is 10.6 Å². The molecule has 17 heavy (non-hydrogen) atoms. The van der Waals surface area contributed by atoms with Crippen LogP contribution in [0, 0.1) is 0 Å². The molecule has 1 aromatic heterocycles. The standard InChI is InChI=1S/C12H10N2O2S/c15-12(11-5-2-6-16-11)14-10-4-1-3-9(7-10)13-8-17/h1-8H,(H,13,17)(H,14,15). The number of hydrogen-bond donors (Lipinski definition) is 2. The zero-order valence-electron chi connectivity index (χ0n) is 8.84. The smallest absolute Gasteiger partial charge is 0.291 e. The van der Waals surface area contributed by atoms with Crippen molar-refractivity contribution in [2.45, 2.75) is 0 Å². The molecular weight excluding hydrogens is 236 g/mol. The van der Waals surface area contributed by atoms with E-state index in [1.54, 1.807) is 24.3 Å². The van der Waals surface area contributed by atoms with Crippen LogP contribution in [0.2, 0.25) is 0 Å². The Bertz CT molecular complexity index is 523. The van der Waals surface area contributed by atoms with Crippen LogP contribution in [0.25, 0.3) is 0 Å². The Morgan fingerprint density at radius 3 is 2.76 bits per heavy atom. The number of anilines is 2. The maximum Gasteiger partial charge on any atom is 0.291 e. The molecule has 0 unspecified atom stereocenters. The molecule has 0 aliphatic heterocycles. The Kier molecular flexibility index (Phi) is 3.52. The van der Waals surface area contributed by atoms with Gasteiger partial charge in [0.05, 0.1) is 11.8 Å². The van der Waals surface area contributed by atoms with Gasteiger partial charge in [0.15, 0.2) is 5.76 Å². The Balaban J connectivity index is 2.10. The Morgan fingerprint density at radius 1 is 1.24 bits per heavy atom. The SMILES string of the molecule is O=C(Nc1cccc(NC=S)c1)c1ccco1. The van der Waals surface area contributed by atoms with Crippen LogP contribution in [0.5, 0.6) is 0 Å². The first-order valence-corrected chi connectivity index (χ1v) is 5.42. The molecule has 0 aliphatic carbocycles. The molecule has 1 amide bonds. The van der Waals surface area contributed by atoms with Crippen molar-refractivity contribution in [3.63, 3.8) is 0 Å². The van der Waals surface area contributed by atoms with E-state index in [-0.39, 0.29) is 11.7 Å². The summed E-state index contributed by atoms with van der Waals surface area (Å²) in [6.45, 7) is 0. The molecule has 2 rings (SSSR count). The van der Waals surface area contributed by atoms with E-state index in [9.17, 15) is 4.79 Å². The van der Waals surface area contributed by atoms with E-state index in [1.165, 1.54) is 11.8 Å². The summed E-state index contributed by atoms with van der Waals surface area (Å²) >= 11 is 4.69. The van der Waals surface area contributed by atoms with Gasteiger partial charge in [0.2, 0.25) is 0 Å². The van der Waals surface area contributed by atoms with Crippen molar-refractivity contribution >= 4 is 35.0 Å². The molecule has 1 aromatic carbocycles. The molecule has 0 fully saturated rings. The lowest BCUT2D eigenvalue weighted by Gasteiger charge is -2.05. The summed E-state index contributed by atoms with van der Waals surface area (Å²) in [5, 5.41) is 5.59. The Morgan fingerprint density at radius 2 is 2.06 bits per heavy atom. The minimum absolute atomic E-state index is 0.276. The van der Waals surface area contributed by atoms with Crippen LogP contribution in [0.3, 0.4) is 0 Å². The summed E-state index contributed by atoms with van der Waals surface area (Å²) in [6.07, 6.45) is 1.46. The maximum absolute atomic E-state index is 11.7. The number of carbonyl (C=O) groups is 1. The third kappa shape index (κ3) is 2.92. The number of hydrogen-bond acceptors (Lipinski definition) is 3. The molecule has 0 bridgehead atoms. The third-order valence-corrected chi connectivity index (χ3v) is 2.21. The highest BCUT2D eigenvalue weighted by atomic mass is 32.1. The lowest BCUT2D eigenvalue weighted by Crippen LogP contribution is -2.10. The lowest BCUT2D eigenvalue weighted by atomic mass is 10.2. The van der Waals surface area contributed by atoms with E-state index in [0.29, 0.717) is 5.69 Å². The van der Waals surface area contributed by atoms with E-state index < -0.39 is 0 Å². The topological polar surface area (TPSA) is 54.3 Å². The highest BCUT2D eigenvalue weighted by Gasteiger charge is 2.08. The summed E-state index contributed by atoms with van der Waals surface area (Å²) < 4.78 is 4.99. The second-order valence-corrected chi connectivity index (χ2v) is 3.51. The summed E-state index contributed by atoms with van der Waals surface area (Å²) in [5.41, 5.74) is 2.90. The van der Waals surface area contributed by atoms with Gasteiger partial charge in [-0.05, 0) is 30.3 Å². The highest BCUT2D eigenvalue weighted by Crippen LogP contribution is 2.15. The maximum atomic E-state index is 11.7. The molecule has 2 N–H and O–H groups in total. The molecule has 86 valence electrons. The Hall–Kier alpha value is -2.14. The minimum Gasteiger partial charge on any atom is -0.459 e. The number of carbonyl (C=O) groups excluding carboxylic acids is 1. The van der Waals surface area contributed by atoms with Crippen molar-refractivity contribution in [3.8, 4) is 0 Å². The van der Waals surface area contributed by atoms with Crippen LogP contribution < -0.4 is 10.6 Å². The van der Waals surface area contributed by atoms with Gasteiger partial charge in [0.1, 0.15) is 0 Å². The largest absolute Gasteiger partial charge is 0.459 e. The quantitative estimate of drug-likeness (QED) is 0.814. The molecule has 2 aromatic rings. The summed E-state index contributed by atoms with van der Waals surface area (Å²) in [7, 11) is 0. The van der Waals surface area contributed by atoms with Crippen molar-refractivity contribution in [1.82, 2.24) is 0 Å². The van der Waals surface area contributed by atoms with Gasteiger partial charge in [-0.25, -0.2) is 0 Å². The highest BCUT2D eigenvalue weighted by molar-refractivity contribution is 7.79. The van der Waals surface area contributed by atoms with Gasteiger partial charge in [-0.1, -0.05) is 18.3 Å². The molecule has 0 atom stereocenters. The first-order valence-electron chi connectivity index (χ1n) is 4.95. The van der Waals surface area contributed by atoms with Crippen LogP contribution in [0.4, 0.5) is 11.4 Å². The van der Waals surface area contributed by atoms with Gasteiger partial charge in [0, 0.05) is 11.4 Å². The second-order valence-electron chi connectivity index (χ2n) is 3.27. The number of benzene rings is 1. The molecule has 1 heterocycles. The van der Waals surface area contributed by atoms with Gasteiger partial charge in [-0.15, -0.1) is 0 Å². The average Bonchev–Trinajstić information content (AvgIpc) is 2.83. The van der Waals surface area contributed by atoms with E-state index in [1.807, 2.05) is 12.1 Å². The summed E-state index contributed by atoms with van der Waals surface area (Å²) in [6, 6.07) is 10.5. The van der Waals surface area contributed by atoms with E-state index in [0.717, 1.165) is 5.69 Å². The third-order valence-electron chi connectivity index (χ3n) is 2.09. The van der Waals surface area contributed by atoms with Crippen LogP contribution in [-0.2, 0) is 0 Å². The minimum atomic E-state index is -0.283. The number of thiocarbonyl (C=S) groups is 1. The zero-order chi connectivity index (χ0) is 12.1. The lowest BCUT2D eigenvalue weighted by molar-refractivity contribution is 0.0996. The molecule has 4 nitrogen and oxygen atoms in total. The number of nitrogens with one attached hydrogen (secondary N) is 2. The van der Waals surface area contributed by atoms with Gasteiger partial charge in [0.25, 0.3) is 5.91 Å². The molecule has 0 saturated heterocycles. The van der Waals surface area contributed by atoms with E-state index in [4.69, 9.17) is 16.6 Å². The zero-order valence-corrected chi connectivity index (χ0v) is 9.66. The van der Waals surface area contributed by atoms with Gasteiger partial charge < -0.3 is 15.1 Å². The first kappa shape index (κ1) is 11.3. The van der Waals surface area contributed by atoms with Crippen molar-refractivity contribution in [1.29, 1.82) is 0 Å². The van der Waals surface area contributed by atoms with Crippen molar-refractivity contribution in [3.05, 3.63) is 48.4 Å². The van der Waals surface area contributed by atoms with Crippen LogP contribution in [0.1, 0.15) is 10.6 Å². The number of rotatable bonds is 4. The molecule has 0 saturated carbocycles. The molecule has 0 radical (unpaired) electrons. The number of furan rings is 1. The predicted octanol–water partition coefficient (Wildman–Crippen LogP) is 2.90. The van der Waals surface area contributed by atoms with E-state index >= 15 is 0 Å². The molecule has 5 heteroatoms. The first-order chi connectivity index (χ1) is 8.29. The normalized spacial score (nSPS) is 9.65. The average molecular weight is 246 g/mol. The van der Waals surface area contributed by atoms with Crippen LogP contribution in [0.15, 0.2) is 47.1 Å². The van der Waals surface area contributed by atoms with Crippen molar-refractivity contribution in [2.24, 2.45) is 0 Å². The Labute approximate surface area is 104 Å². The number of amides is 1. The summed E-state index contributed by atoms with van der Waals surface area (Å²) in [4.78, 5) is 11.7. The predicted molar refractivity (Wildman–Crippen MR) is 70.4 cm³/mol. The molecular formula is C12H10N2O2S. The monoisotopic (exact) mass is 246 g/mol. The second kappa shape index (κ2) is 5.27. The fourth-order valence-electron chi connectivity index (χ4n) is 1.36. The van der Waals surface area contributed by atoms with Crippen LogP contribution >= 0.6 is 12.2 Å². The van der Waals surface area contributed by atoms with Crippen molar-refractivity contribution < 1.29 is 9.21 Å². The molecule has 0 aliphatic rings.